The van der Waals surface area contributed by atoms with Gasteiger partial charge in [-0.25, -0.2) is 0 Å². The molecule has 5 N–H and O–H groups in total. The fourth-order valence-electron chi connectivity index (χ4n) is 0.519. The van der Waals surface area contributed by atoms with E-state index in [2.05, 4.69) is 5.32 Å². The minimum absolute atomic E-state index is 0.669. The van der Waals surface area contributed by atoms with E-state index in [9.17, 15) is 0 Å². The van der Waals surface area contributed by atoms with E-state index in [0.29, 0.717) is 12.4 Å². The highest BCUT2D eigenvalue weighted by Gasteiger charge is 1.94. The van der Waals surface area contributed by atoms with Crippen LogP contribution in [0, 0.1) is 0 Å². The van der Waals surface area contributed by atoms with Crippen LogP contribution in [0.2, 0.25) is 0 Å². The van der Waals surface area contributed by atoms with Gasteiger partial charge in [0.15, 0.2) is 0 Å². The van der Waals surface area contributed by atoms with Crippen molar-refractivity contribution in [2.75, 3.05) is 6.54 Å². The SMILES string of the molecule is CC.NC1=CC=C(N)NC1. The lowest BCUT2D eigenvalue weighted by Gasteiger charge is -2.09. The van der Waals surface area contributed by atoms with E-state index >= 15 is 0 Å². The molecule has 1 rings (SSSR count). The van der Waals surface area contributed by atoms with Gasteiger partial charge in [0.1, 0.15) is 0 Å². The summed E-state index contributed by atoms with van der Waals surface area (Å²) in [6.07, 6.45) is 3.55. The Kier molecular flexibility index (Phi) is 4.20. The normalized spacial score (nSPS) is 15.4. The molecule has 10 heavy (non-hydrogen) atoms. The highest BCUT2D eigenvalue weighted by atomic mass is 15.0. The average molecular weight is 141 g/mol. The molecule has 3 heteroatoms. The Labute approximate surface area is 61.8 Å². The highest BCUT2D eigenvalue weighted by Crippen LogP contribution is 1.91. The fourth-order valence-corrected chi connectivity index (χ4v) is 0.519. The maximum Gasteiger partial charge on any atom is 0.0963 e. The molecular formula is C7H15N3. The van der Waals surface area contributed by atoms with Crippen LogP contribution in [0.3, 0.4) is 0 Å². The Bertz CT molecular complexity index is 129. The number of nitrogens with one attached hydrogen (secondary N) is 1. The van der Waals surface area contributed by atoms with E-state index in [0.717, 1.165) is 5.70 Å². The molecule has 0 fully saturated rings. The lowest BCUT2D eigenvalue weighted by Crippen LogP contribution is -2.27. The van der Waals surface area contributed by atoms with Crippen LogP contribution in [0.1, 0.15) is 13.8 Å². The van der Waals surface area contributed by atoms with Crippen LogP contribution >= 0.6 is 0 Å². The number of rotatable bonds is 0. The van der Waals surface area contributed by atoms with Crippen molar-refractivity contribution in [3.05, 3.63) is 23.7 Å². The van der Waals surface area contributed by atoms with Crippen LogP contribution in [-0.2, 0) is 0 Å². The number of hydrogen-bond donors (Lipinski definition) is 3. The monoisotopic (exact) mass is 141 g/mol. The first kappa shape index (κ1) is 8.88. The van der Waals surface area contributed by atoms with Crippen molar-refractivity contribution >= 4 is 0 Å². The lowest BCUT2D eigenvalue weighted by molar-refractivity contribution is 0.831. The van der Waals surface area contributed by atoms with Crippen LogP contribution < -0.4 is 16.8 Å². The molecule has 58 valence electrons. The zero-order chi connectivity index (χ0) is 7.98. The van der Waals surface area contributed by atoms with E-state index < -0.39 is 0 Å². The molecule has 1 aliphatic heterocycles. The van der Waals surface area contributed by atoms with Gasteiger partial charge in [-0.2, -0.15) is 0 Å². The largest absolute Gasteiger partial charge is 0.401 e. The van der Waals surface area contributed by atoms with Gasteiger partial charge in [0.25, 0.3) is 0 Å². The van der Waals surface area contributed by atoms with E-state index in [4.69, 9.17) is 11.5 Å². The lowest BCUT2D eigenvalue weighted by atomic mass is 10.3. The first-order valence-electron chi connectivity index (χ1n) is 3.45. The van der Waals surface area contributed by atoms with E-state index in [1.807, 2.05) is 13.8 Å². The summed E-state index contributed by atoms with van der Waals surface area (Å²) >= 11 is 0. The van der Waals surface area contributed by atoms with Gasteiger partial charge >= 0.3 is 0 Å². The first-order valence-corrected chi connectivity index (χ1v) is 3.45. The molecule has 0 aromatic heterocycles. The topological polar surface area (TPSA) is 64.1 Å². The van der Waals surface area contributed by atoms with Crippen molar-refractivity contribution in [3.63, 3.8) is 0 Å². The summed E-state index contributed by atoms with van der Waals surface area (Å²) in [5, 5.41) is 2.88. The molecule has 0 aromatic carbocycles. The number of hydrogen-bond acceptors (Lipinski definition) is 3. The summed E-state index contributed by atoms with van der Waals surface area (Å²) in [5.74, 6) is 0.680. The number of dihydropyridines is 1. The van der Waals surface area contributed by atoms with Crippen molar-refractivity contribution in [1.29, 1.82) is 0 Å². The molecule has 0 aliphatic carbocycles. The zero-order valence-corrected chi connectivity index (χ0v) is 6.52. The predicted octanol–water partition coefficient (Wildman–Crippen LogP) is 0.259. The van der Waals surface area contributed by atoms with Crippen molar-refractivity contribution in [3.8, 4) is 0 Å². The Morgan fingerprint density at radius 3 is 2.20 bits per heavy atom. The molecule has 0 unspecified atom stereocenters. The summed E-state index contributed by atoms with van der Waals surface area (Å²) in [5.41, 5.74) is 11.6. The van der Waals surface area contributed by atoms with Crippen LogP contribution in [0.4, 0.5) is 0 Å². The average Bonchev–Trinajstić information content (AvgIpc) is 2.00. The molecule has 0 saturated heterocycles. The van der Waals surface area contributed by atoms with Gasteiger partial charge in [-0.3, -0.25) is 0 Å². The fraction of sp³-hybridized carbons (Fsp3) is 0.429. The molecular weight excluding hydrogens is 126 g/mol. The molecule has 0 saturated carbocycles. The number of nitrogens with two attached hydrogens (primary N) is 2. The Morgan fingerprint density at radius 1 is 1.30 bits per heavy atom. The zero-order valence-electron chi connectivity index (χ0n) is 6.52. The third kappa shape index (κ3) is 3.02. The third-order valence-electron chi connectivity index (χ3n) is 0.974. The van der Waals surface area contributed by atoms with Crippen LogP contribution in [-0.4, -0.2) is 6.54 Å². The molecule has 0 bridgehead atoms. The molecule has 0 aromatic rings. The quantitative estimate of drug-likeness (QED) is 0.453. The van der Waals surface area contributed by atoms with Gasteiger partial charge in [-0.1, -0.05) is 13.8 Å². The second kappa shape index (κ2) is 4.73. The third-order valence-corrected chi connectivity index (χ3v) is 0.974. The van der Waals surface area contributed by atoms with Crippen molar-refractivity contribution in [2.45, 2.75) is 13.8 Å². The Balaban J connectivity index is 0.000000371. The molecule has 0 spiro atoms. The smallest absolute Gasteiger partial charge is 0.0963 e. The molecule has 0 radical (unpaired) electrons. The van der Waals surface area contributed by atoms with Crippen LogP contribution in [0.15, 0.2) is 23.7 Å². The summed E-state index contributed by atoms with van der Waals surface area (Å²) in [6, 6.07) is 0. The summed E-state index contributed by atoms with van der Waals surface area (Å²) in [6.45, 7) is 4.67. The minimum atomic E-state index is 0.669. The van der Waals surface area contributed by atoms with E-state index in [-0.39, 0.29) is 0 Å². The van der Waals surface area contributed by atoms with Crippen molar-refractivity contribution < 1.29 is 0 Å². The van der Waals surface area contributed by atoms with Gasteiger partial charge in [0.05, 0.1) is 12.4 Å². The maximum absolute atomic E-state index is 5.40. The standard InChI is InChI=1S/C5H9N3.C2H6/c6-4-1-2-5(7)8-3-4;1-2/h1-2,8H,3,6-7H2;1-2H3. The Morgan fingerprint density at radius 2 is 1.90 bits per heavy atom. The minimum Gasteiger partial charge on any atom is -0.401 e. The van der Waals surface area contributed by atoms with Crippen LogP contribution in [0.25, 0.3) is 0 Å². The number of allylic oxidation sites excluding steroid dienone is 2. The molecule has 0 amide bonds. The maximum atomic E-state index is 5.40. The summed E-state index contributed by atoms with van der Waals surface area (Å²) < 4.78 is 0. The van der Waals surface area contributed by atoms with Gasteiger partial charge in [0, 0.05) is 5.70 Å². The highest BCUT2D eigenvalue weighted by molar-refractivity contribution is 5.19. The second-order valence-corrected chi connectivity index (χ2v) is 1.72. The van der Waals surface area contributed by atoms with E-state index in [1.54, 1.807) is 12.2 Å². The second-order valence-electron chi connectivity index (χ2n) is 1.72. The molecule has 0 atom stereocenters. The Hall–Kier alpha value is -1.12. The van der Waals surface area contributed by atoms with E-state index in [1.165, 1.54) is 0 Å². The van der Waals surface area contributed by atoms with Crippen molar-refractivity contribution in [2.24, 2.45) is 11.5 Å². The van der Waals surface area contributed by atoms with Gasteiger partial charge in [-0.15, -0.1) is 0 Å². The van der Waals surface area contributed by atoms with Gasteiger partial charge in [-0.05, 0) is 12.2 Å². The molecule has 1 aliphatic rings. The summed E-state index contributed by atoms with van der Waals surface area (Å²) in [7, 11) is 0. The van der Waals surface area contributed by atoms with Gasteiger partial charge in [0.2, 0.25) is 0 Å². The summed E-state index contributed by atoms with van der Waals surface area (Å²) in [4.78, 5) is 0. The van der Waals surface area contributed by atoms with Gasteiger partial charge < -0.3 is 16.8 Å². The first-order chi connectivity index (χ1) is 4.79. The predicted molar refractivity (Wildman–Crippen MR) is 43.9 cm³/mol. The molecule has 1 heterocycles. The van der Waals surface area contributed by atoms with Crippen LogP contribution in [0.5, 0.6) is 0 Å². The molecule has 3 nitrogen and oxygen atoms in total. The van der Waals surface area contributed by atoms with Crippen molar-refractivity contribution in [1.82, 2.24) is 5.32 Å².